The molecule has 1 aliphatic carbocycles. The highest BCUT2D eigenvalue weighted by Crippen LogP contribution is 2.36. The molecular weight excluding hydrogens is 304 g/mol. The van der Waals surface area contributed by atoms with Crippen LogP contribution in [0.4, 0.5) is 0 Å². The van der Waals surface area contributed by atoms with Crippen molar-refractivity contribution in [1.82, 2.24) is 19.9 Å². The third-order valence-electron chi connectivity index (χ3n) is 5.22. The van der Waals surface area contributed by atoms with Crippen LogP contribution in [0.1, 0.15) is 65.8 Å². The number of aromatic nitrogens is 3. The minimum atomic E-state index is 0.334. The molecule has 1 saturated heterocycles. The third kappa shape index (κ3) is 3.17. The molecule has 0 aromatic carbocycles. The first kappa shape index (κ1) is 15.2. The third-order valence-corrected chi connectivity index (χ3v) is 6.54. The average molecular weight is 328 g/mol. The summed E-state index contributed by atoms with van der Waals surface area (Å²) in [4.78, 5) is 17.8. The Kier molecular flexibility index (Phi) is 4.40. The van der Waals surface area contributed by atoms with Crippen LogP contribution in [0, 0.1) is 0 Å². The van der Waals surface area contributed by atoms with E-state index in [2.05, 4.69) is 21.8 Å². The average Bonchev–Trinajstić information content (AvgIpc) is 3.06. The van der Waals surface area contributed by atoms with Crippen molar-refractivity contribution in [3.05, 3.63) is 39.9 Å². The number of thiazole rings is 1. The summed E-state index contributed by atoms with van der Waals surface area (Å²) in [5, 5.41) is 1.38. The summed E-state index contributed by atoms with van der Waals surface area (Å²) in [5.41, 5.74) is 2.47. The Labute approximate surface area is 142 Å². The molecule has 0 N–H and O–H groups in total. The predicted octanol–water partition coefficient (Wildman–Crippen LogP) is 3.75. The molecular formula is C18H24N4S. The molecule has 1 aliphatic heterocycles. The van der Waals surface area contributed by atoms with Crippen molar-refractivity contribution in [2.24, 2.45) is 0 Å². The van der Waals surface area contributed by atoms with Gasteiger partial charge in [0, 0.05) is 35.9 Å². The second-order valence-corrected chi connectivity index (χ2v) is 7.88. The van der Waals surface area contributed by atoms with Crippen LogP contribution in [-0.4, -0.2) is 32.9 Å². The van der Waals surface area contributed by atoms with E-state index in [1.165, 1.54) is 49.2 Å². The lowest BCUT2D eigenvalue weighted by Crippen LogP contribution is -2.36. The summed E-state index contributed by atoms with van der Waals surface area (Å²) in [6.45, 7) is 4.50. The molecule has 3 heterocycles. The van der Waals surface area contributed by atoms with Gasteiger partial charge in [-0.15, -0.1) is 11.3 Å². The SMILES string of the molecule is C[C@@H](c1cnccn1)N1CCC[C@H](c2nc3c(s2)CCCC3)C1. The van der Waals surface area contributed by atoms with E-state index in [4.69, 9.17) is 4.98 Å². The van der Waals surface area contributed by atoms with Crippen LogP contribution < -0.4 is 0 Å². The van der Waals surface area contributed by atoms with Crippen LogP contribution >= 0.6 is 11.3 Å². The molecule has 0 spiro atoms. The zero-order valence-corrected chi connectivity index (χ0v) is 14.6. The van der Waals surface area contributed by atoms with E-state index >= 15 is 0 Å². The first-order valence-corrected chi connectivity index (χ1v) is 9.61. The van der Waals surface area contributed by atoms with Gasteiger partial charge in [0.25, 0.3) is 0 Å². The molecule has 0 amide bonds. The molecule has 2 aromatic heterocycles. The maximum Gasteiger partial charge on any atom is 0.0974 e. The van der Waals surface area contributed by atoms with Gasteiger partial charge >= 0.3 is 0 Å². The minimum Gasteiger partial charge on any atom is -0.294 e. The number of likely N-dealkylation sites (tertiary alicyclic amines) is 1. The van der Waals surface area contributed by atoms with Gasteiger partial charge < -0.3 is 0 Å². The molecule has 0 radical (unpaired) electrons. The number of piperidine rings is 1. The van der Waals surface area contributed by atoms with E-state index in [0.717, 1.165) is 18.8 Å². The molecule has 2 atom stereocenters. The second-order valence-electron chi connectivity index (χ2n) is 6.77. The van der Waals surface area contributed by atoms with Crippen molar-refractivity contribution in [1.29, 1.82) is 0 Å². The fourth-order valence-electron chi connectivity index (χ4n) is 3.82. The van der Waals surface area contributed by atoms with Crippen LogP contribution in [0.3, 0.4) is 0 Å². The molecule has 0 saturated carbocycles. The van der Waals surface area contributed by atoms with Crippen LogP contribution in [0.25, 0.3) is 0 Å². The Hall–Kier alpha value is -1.33. The largest absolute Gasteiger partial charge is 0.294 e. The second kappa shape index (κ2) is 6.65. The normalized spacial score (nSPS) is 23.4. The zero-order valence-electron chi connectivity index (χ0n) is 13.7. The fourth-order valence-corrected chi connectivity index (χ4v) is 5.10. The van der Waals surface area contributed by atoms with Gasteiger partial charge in [-0.1, -0.05) is 0 Å². The highest BCUT2D eigenvalue weighted by atomic mass is 32.1. The number of aryl methyl sites for hydroxylation is 2. The van der Waals surface area contributed by atoms with Crippen LogP contribution in [0.15, 0.2) is 18.6 Å². The highest BCUT2D eigenvalue weighted by molar-refractivity contribution is 7.11. The zero-order chi connectivity index (χ0) is 15.6. The summed E-state index contributed by atoms with van der Waals surface area (Å²) in [7, 11) is 0. The Balaban J connectivity index is 1.49. The van der Waals surface area contributed by atoms with Gasteiger partial charge in [-0.3, -0.25) is 14.9 Å². The van der Waals surface area contributed by atoms with Crippen molar-refractivity contribution in [3.63, 3.8) is 0 Å². The van der Waals surface area contributed by atoms with Gasteiger partial charge in [-0.25, -0.2) is 4.98 Å². The van der Waals surface area contributed by atoms with Crippen LogP contribution in [0.2, 0.25) is 0 Å². The molecule has 5 heteroatoms. The lowest BCUT2D eigenvalue weighted by molar-refractivity contribution is 0.155. The number of nitrogens with zero attached hydrogens (tertiary/aromatic N) is 4. The molecule has 0 unspecified atom stereocenters. The first-order valence-electron chi connectivity index (χ1n) is 8.79. The summed E-state index contributed by atoms with van der Waals surface area (Å²) >= 11 is 1.99. The fraction of sp³-hybridized carbons (Fsp3) is 0.611. The van der Waals surface area contributed by atoms with E-state index in [0.29, 0.717) is 12.0 Å². The molecule has 4 rings (SSSR count). The Morgan fingerprint density at radius 3 is 2.96 bits per heavy atom. The Morgan fingerprint density at radius 2 is 2.13 bits per heavy atom. The van der Waals surface area contributed by atoms with Crippen molar-refractivity contribution < 1.29 is 0 Å². The van der Waals surface area contributed by atoms with E-state index in [9.17, 15) is 0 Å². The van der Waals surface area contributed by atoms with Gasteiger partial charge in [-0.2, -0.15) is 0 Å². The first-order chi connectivity index (χ1) is 11.3. The molecule has 2 aromatic rings. The summed E-state index contributed by atoms with van der Waals surface area (Å²) in [5.74, 6) is 0.596. The number of hydrogen-bond donors (Lipinski definition) is 0. The molecule has 1 fully saturated rings. The van der Waals surface area contributed by atoms with Gasteiger partial charge in [0.2, 0.25) is 0 Å². The van der Waals surface area contributed by atoms with Crippen molar-refractivity contribution in [2.75, 3.05) is 13.1 Å². The van der Waals surface area contributed by atoms with E-state index < -0.39 is 0 Å². The predicted molar refractivity (Wildman–Crippen MR) is 92.8 cm³/mol. The Bertz CT molecular complexity index is 631. The lowest BCUT2D eigenvalue weighted by atomic mass is 9.96. The molecule has 122 valence electrons. The lowest BCUT2D eigenvalue weighted by Gasteiger charge is -2.35. The monoisotopic (exact) mass is 328 g/mol. The van der Waals surface area contributed by atoms with E-state index in [1.807, 2.05) is 17.5 Å². The maximum absolute atomic E-state index is 5.00. The number of fused-ring (bicyclic) bond motifs is 1. The van der Waals surface area contributed by atoms with Crippen molar-refractivity contribution >= 4 is 11.3 Å². The van der Waals surface area contributed by atoms with E-state index in [-0.39, 0.29) is 0 Å². The van der Waals surface area contributed by atoms with Gasteiger partial charge in [0.05, 0.1) is 22.4 Å². The molecule has 23 heavy (non-hydrogen) atoms. The standard InChI is InChI=1S/C18H24N4S/c1-13(16-11-19-8-9-20-16)22-10-4-5-14(12-22)18-21-15-6-2-3-7-17(15)23-18/h8-9,11,13-14H,2-7,10,12H2,1H3/t13-,14-/m0/s1. The summed E-state index contributed by atoms with van der Waals surface area (Å²) in [6, 6.07) is 0.334. The molecule has 4 nitrogen and oxygen atoms in total. The maximum atomic E-state index is 5.00. The van der Waals surface area contributed by atoms with Gasteiger partial charge in [-0.05, 0) is 52.0 Å². The summed E-state index contributed by atoms with van der Waals surface area (Å²) < 4.78 is 0. The minimum absolute atomic E-state index is 0.334. The number of hydrogen-bond acceptors (Lipinski definition) is 5. The van der Waals surface area contributed by atoms with Crippen LogP contribution in [-0.2, 0) is 12.8 Å². The van der Waals surface area contributed by atoms with Crippen molar-refractivity contribution in [2.45, 2.75) is 57.4 Å². The highest BCUT2D eigenvalue weighted by Gasteiger charge is 2.29. The van der Waals surface area contributed by atoms with Crippen LogP contribution in [0.5, 0.6) is 0 Å². The number of rotatable bonds is 3. The molecule has 0 bridgehead atoms. The topological polar surface area (TPSA) is 41.9 Å². The summed E-state index contributed by atoms with van der Waals surface area (Å²) in [6.07, 6.45) is 13.1. The van der Waals surface area contributed by atoms with Gasteiger partial charge in [0.1, 0.15) is 0 Å². The molecule has 2 aliphatic rings. The Morgan fingerprint density at radius 1 is 1.22 bits per heavy atom. The van der Waals surface area contributed by atoms with Crippen molar-refractivity contribution in [3.8, 4) is 0 Å². The van der Waals surface area contributed by atoms with E-state index in [1.54, 1.807) is 17.3 Å². The quantitative estimate of drug-likeness (QED) is 0.860. The smallest absolute Gasteiger partial charge is 0.0974 e. The van der Waals surface area contributed by atoms with Gasteiger partial charge in [0.15, 0.2) is 0 Å².